The lowest BCUT2D eigenvalue weighted by molar-refractivity contribution is 0.142. The monoisotopic (exact) mass is 229 g/mol. The zero-order chi connectivity index (χ0) is 11.6. The molecule has 2 unspecified atom stereocenters. The Bertz CT molecular complexity index is 158. The maximum atomic E-state index is 5.44. The van der Waals surface area contributed by atoms with E-state index in [4.69, 9.17) is 9.47 Å². The summed E-state index contributed by atoms with van der Waals surface area (Å²) in [6, 6.07) is 0.648. The lowest BCUT2D eigenvalue weighted by atomic mass is 9.97. The molecule has 0 amide bonds. The highest BCUT2D eigenvalue weighted by atomic mass is 16.5. The van der Waals surface area contributed by atoms with Gasteiger partial charge in [-0.3, -0.25) is 0 Å². The SMILES string of the molecule is CCOCCCCNC(CC)C1CCOC1. The lowest BCUT2D eigenvalue weighted by Crippen LogP contribution is -2.36. The second-order valence-corrected chi connectivity index (χ2v) is 4.50. The largest absolute Gasteiger partial charge is 0.382 e. The first-order chi connectivity index (χ1) is 7.88. The molecule has 0 aromatic heterocycles. The minimum Gasteiger partial charge on any atom is -0.382 e. The Balaban J connectivity index is 2.00. The van der Waals surface area contributed by atoms with Crippen molar-refractivity contribution in [3.8, 4) is 0 Å². The van der Waals surface area contributed by atoms with Crippen molar-refractivity contribution in [2.24, 2.45) is 5.92 Å². The molecule has 1 N–H and O–H groups in total. The fraction of sp³-hybridized carbons (Fsp3) is 1.00. The summed E-state index contributed by atoms with van der Waals surface area (Å²) in [5, 5.41) is 3.65. The predicted molar refractivity (Wildman–Crippen MR) is 66.7 cm³/mol. The van der Waals surface area contributed by atoms with Crippen LogP contribution in [0.3, 0.4) is 0 Å². The van der Waals surface area contributed by atoms with Crippen molar-refractivity contribution in [1.29, 1.82) is 0 Å². The van der Waals surface area contributed by atoms with E-state index in [2.05, 4.69) is 12.2 Å². The van der Waals surface area contributed by atoms with Gasteiger partial charge in [-0.2, -0.15) is 0 Å². The van der Waals surface area contributed by atoms with E-state index in [1.165, 1.54) is 25.7 Å². The van der Waals surface area contributed by atoms with Crippen LogP contribution >= 0.6 is 0 Å². The molecule has 1 fully saturated rings. The fourth-order valence-corrected chi connectivity index (χ4v) is 2.28. The molecule has 3 heteroatoms. The first-order valence-corrected chi connectivity index (χ1v) is 6.77. The molecule has 2 atom stereocenters. The van der Waals surface area contributed by atoms with E-state index >= 15 is 0 Å². The van der Waals surface area contributed by atoms with Gasteiger partial charge in [0.25, 0.3) is 0 Å². The summed E-state index contributed by atoms with van der Waals surface area (Å²) in [5.41, 5.74) is 0. The molecule has 0 aromatic rings. The topological polar surface area (TPSA) is 30.5 Å². The van der Waals surface area contributed by atoms with Crippen molar-refractivity contribution in [1.82, 2.24) is 5.32 Å². The second-order valence-electron chi connectivity index (χ2n) is 4.50. The molecule has 1 aliphatic rings. The smallest absolute Gasteiger partial charge is 0.0509 e. The predicted octanol–water partition coefficient (Wildman–Crippen LogP) is 2.21. The molecule has 0 radical (unpaired) electrons. The molecule has 0 saturated carbocycles. The van der Waals surface area contributed by atoms with Crippen molar-refractivity contribution in [2.75, 3.05) is 33.0 Å². The molecule has 3 nitrogen and oxygen atoms in total. The van der Waals surface area contributed by atoms with Crippen molar-refractivity contribution < 1.29 is 9.47 Å². The number of ether oxygens (including phenoxy) is 2. The van der Waals surface area contributed by atoms with Gasteiger partial charge >= 0.3 is 0 Å². The summed E-state index contributed by atoms with van der Waals surface area (Å²) >= 11 is 0. The van der Waals surface area contributed by atoms with Crippen LogP contribution in [-0.4, -0.2) is 39.0 Å². The summed E-state index contributed by atoms with van der Waals surface area (Å²) in [6.07, 6.45) is 4.81. The molecule has 0 aliphatic carbocycles. The van der Waals surface area contributed by atoms with Gasteiger partial charge < -0.3 is 14.8 Å². The highest BCUT2D eigenvalue weighted by Gasteiger charge is 2.23. The van der Waals surface area contributed by atoms with Crippen LogP contribution < -0.4 is 5.32 Å². The molecule has 1 heterocycles. The summed E-state index contributed by atoms with van der Waals surface area (Å²) < 4.78 is 10.8. The zero-order valence-electron chi connectivity index (χ0n) is 10.8. The standard InChI is InChI=1S/C13H27NO2/c1-3-13(12-7-10-16-11-12)14-8-5-6-9-15-4-2/h12-14H,3-11H2,1-2H3. The Labute approximate surface area is 99.9 Å². The third kappa shape index (κ3) is 5.28. The summed E-state index contributed by atoms with van der Waals surface area (Å²) in [4.78, 5) is 0. The number of unbranched alkanes of at least 4 members (excludes halogenated alkanes) is 1. The van der Waals surface area contributed by atoms with Crippen molar-refractivity contribution >= 4 is 0 Å². The Morgan fingerprint density at radius 2 is 2.25 bits per heavy atom. The van der Waals surface area contributed by atoms with Crippen molar-refractivity contribution in [3.63, 3.8) is 0 Å². The van der Waals surface area contributed by atoms with E-state index in [-0.39, 0.29) is 0 Å². The number of rotatable bonds is 9. The van der Waals surface area contributed by atoms with E-state index in [9.17, 15) is 0 Å². The maximum absolute atomic E-state index is 5.44. The number of nitrogens with one attached hydrogen (secondary N) is 1. The van der Waals surface area contributed by atoms with Crippen LogP contribution in [0.25, 0.3) is 0 Å². The van der Waals surface area contributed by atoms with Gasteiger partial charge in [-0.25, -0.2) is 0 Å². The normalized spacial score (nSPS) is 22.5. The van der Waals surface area contributed by atoms with Crippen LogP contribution in [0.15, 0.2) is 0 Å². The summed E-state index contributed by atoms with van der Waals surface area (Å²) in [6.45, 7) is 9.06. The van der Waals surface area contributed by atoms with Gasteiger partial charge in [0.2, 0.25) is 0 Å². The molecule has 1 rings (SSSR count). The lowest BCUT2D eigenvalue weighted by Gasteiger charge is -2.22. The van der Waals surface area contributed by atoms with Crippen molar-refractivity contribution in [2.45, 2.75) is 45.6 Å². The first-order valence-electron chi connectivity index (χ1n) is 6.77. The molecule has 0 aromatic carbocycles. The van der Waals surface area contributed by atoms with Crippen LogP contribution in [0, 0.1) is 5.92 Å². The quantitative estimate of drug-likeness (QED) is 0.615. The summed E-state index contributed by atoms with van der Waals surface area (Å²) in [7, 11) is 0. The Kier molecular flexibility index (Phi) is 7.81. The molecule has 0 spiro atoms. The van der Waals surface area contributed by atoms with Gasteiger partial charge in [0.1, 0.15) is 0 Å². The Morgan fingerprint density at radius 1 is 1.38 bits per heavy atom. The molecule has 1 aliphatic heterocycles. The van der Waals surface area contributed by atoms with E-state index in [0.29, 0.717) is 6.04 Å². The van der Waals surface area contributed by atoms with Crippen LogP contribution in [0.4, 0.5) is 0 Å². The maximum Gasteiger partial charge on any atom is 0.0509 e. The van der Waals surface area contributed by atoms with Gasteiger partial charge in [-0.15, -0.1) is 0 Å². The molecular weight excluding hydrogens is 202 g/mol. The highest BCUT2D eigenvalue weighted by Crippen LogP contribution is 2.18. The summed E-state index contributed by atoms with van der Waals surface area (Å²) in [5.74, 6) is 0.733. The zero-order valence-corrected chi connectivity index (χ0v) is 10.8. The van der Waals surface area contributed by atoms with E-state index in [0.717, 1.165) is 38.9 Å². The second kappa shape index (κ2) is 8.97. The Morgan fingerprint density at radius 3 is 2.88 bits per heavy atom. The van der Waals surface area contributed by atoms with Crippen molar-refractivity contribution in [3.05, 3.63) is 0 Å². The average Bonchev–Trinajstić information content (AvgIpc) is 2.82. The number of hydrogen-bond donors (Lipinski definition) is 1. The van der Waals surface area contributed by atoms with Crippen LogP contribution in [0.1, 0.15) is 39.5 Å². The van der Waals surface area contributed by atoms with E-state index < -0.39 is 0 Å². The van der Waals surface area contributed by atoms with Crippen LogP contribution in [-0.2, 0) is 9.47 Å². The van der Waals surface area contributed by atoms with Gasteiger partial charge in [-0.05, 0) is 45.1 Å². The van der Waals surface area contributed by atoms with Gasteiger partial charge in [0, 0.05) is 25.9 Å². The van der Waals surface area contributed by atoms with Gasteiger partial charge in [-0.1, -0.05) is 6.92 Å². The number of hydrogen-bond acceptors (Lipinski definition) is 3. The minimum absolute atomic E-state index is 0.648. The molecule has 0 bridgehead atoms. The van der Waals surface area contributed by atoms with E-state index in [1.54, 1.807) is 0 Å². The first kappa shape index (κ1) is 13.9. The molecule has 1 saturated heterocycles. The third-order valence-electron chi connectivity index (χ3n) is 3.30. The molecular formula is C13H27NO2. The average molecular weight is 229 g/mol. The Hall–Kier alpha value is -0.120. The van der Waals surface area contributed by atoms with Gasteiger partial charge in [0.15, 0.2) is 0 Å². The van der Waals surface area contributed by atoms with E-state index in [1.807, 2.05) is 6.92 Å². The fourth-order valence-electron chi connectivity index (χ4n) is 2.28. The third-order valence-corrected chi connectivity index (χ3v) is 3.30. The molecule has 16 heavy (non-hydrogen) atoms. The van der Waals surface area contributed by atoms with Gasteiger partial charge in [0.05, 0.1) is 6.61 Å². The van der Waals surface area contributed by atoms with Crippen LogP contribution in [0.2, 0.25) is 0 Å². The molecule has 96 valence electrons. The van der Waals surface area contributed by atoms with Crippen LogP contribution in [0.5, 0.6) is 0 Å². The highest BCUT2D eigenvalue weighted by molar-refractivity contribution is 4.78. The minimum atomic E-state index is 0.648.